The van der Waals surface area contributed by atoms with Gasteiger partial charge in [0.25, 0.3) is 0 Å². The Bertz CT molecular complexity index is 591. The van der Waals surface area contributed by atoms with Crippen molar-refractivity contribution in [1.82, 2.24) is 4.98 Å². The average Bonchev–Trinajstić information content (AvgIpc) is 2.90. The Morgan fingerprint density at radius 1 is 1.33 bits per heavy atom. The zero-order valence-corrected chi connectivity index (χ0v) is 14.2. The Morgan fingerprint density at radius 2 is 2.14 bits per heavy atom. The third-order valence-corrected chi connectivity index (χ3v) is 6.09. The van der Waals surface area contributed by atoms with Crippen LogP contribution in [-0.2, 0) is 0 Å². The summed E-state index contributed by atoms with van der Waals surface area (Å²) in [5.74, 6) is 0.931. The summed E-state index contributed by atoms with van der Waals surface area (Å²) in [7, 11) is 0. The molecule has 0 saturated heterocycles. The fourth-order valence-corrected chi connectivity index (χ4v) is 4.56. The van der Waals surface area contributed by atoms with Gasteiger partial charge in [0.1, 0.15) is 5.75 Å². The standard InChI is InChI=1S/C16H22N2OS2/c1-3-19-12-6-9-14-15(10-12)21-16(18-14)17-11-4-7-13(20-2)8-5-11/h6,9-11,13H,3-5,7-8H2,1-2H3,(H,17,18). The van der Waals surface area contributed by atoms with Crippen LogP contribution in [0.1, 0.15) is 32.6 Å². The highest BCUT2D eigenvalue weighted by Crippen LogP contribution is 2.32. The Morgan fingerprint density at radius 3 is 2.86 bits per heavy atom. The molecule has 1 aromatic carbocycles. The number of anilines is 1. The van der Waals surface area contributed by atoms with Crippen LogP contribution in [0.4, 0.5) is 5.13 Å². The number of ether oxygens (including phenoxy) is 1. The largest absolute Gasteiger partial charge is 0.494 e. The lowest BCUT2D eigenvalue weighted by molar-refractivity contribution is 0.341. The zero-order valence-electron chi connectivity index (χ0n) is 12.6. The molecule has 21 heavy (non-hydrogen) atoms. The molecule has 0 radical (unpaired) electrons. The highest BCUT2D eigenvalue weighted by Gasteiger charge is 2.21. The normalized spacial score (nSPS) is 22.4. The highest BCUT2D eigenvalue weighted by molar-refractivity contribution is 7.99. The van der Waals surface area contributed by atoms with Crippen molar-refractivity contribution >= 4 is 38.4 Å². The highest BCUT2D eigenvalue weighted by atomic mass is 32.2. The molecule has 0 spiro atoms. The van der Waals surface area contributed by atoms with E-state index < -0.39 is 0 Å². The van der Waals surface area contributed by atoms with Gasteiger partial charge in [-0.1, -0.05) is 11.3 Å². The van der Waals surface area contributed by atoms with Gasteiger partial charge in [-0.2, -0.15) is 11.8 Å². The lowest BCUT2D eigenvalue weighted by Gasteiger charge is -2.27. The van der Waals surface area contributed by atoms with Gasteiger partial charge in [-0.3, -0.25) is 0 Å². The first-order valence-electron chi connectivity index (χ1n) is 7.61. The molecule has 1 fully saturated rings. The average molecular weight is 322 g/mol. The Kier molecular flexibility index (Phi) is 4.91. The molecule has 0 aliphatic heterocycles. The number of hydrogen-bond donors (Lipinski definition) is 1. The van der Waals surface area contributed by atoms with Crippen LogP contribution in [0.3, 0.4) is 0 Å². The van der Waals surface area contributed by atoms with E-state index in [9.17, 15) is 0 Å². The molecule has 1 aliphatic carbocycles. The first-order chi connectivity index (χ1) is 10.3. The quantitative estimate of drug-likeness (QED) is 0.859. The van der Waals surface area contributed by atoms with Crippen molar-refractivity contribution in [1.29, 1.82) is 0 Å². The van der Waals surface area contributed by atoms with Gasteiger partial charge in [-0.25, -0.2) is 4.98 Å². The molecule has 3 nitrogen and oxygen atoms in total. The second-order valence-electron chi connectivity index (χ2n) is 5.44. The molecule has 1 saturated carbocycles. The smallest absolute Gasteiger partial charge is 0.184 e. The molecular formula is C16H22N2OS2. The van der Waals surface area contributed by atoms with Gasteiger partial charge < -0.3 is 10.1 Å². The van der Waals surface area contributed by atoms with Gasteiger partial charge in [-0.15, -0.1) is 0 Å². The lowest BCUT2D eigenvalue weighted by Crippen LogP contribution is -2.26. The molecule has 1 aromatic heterocycles. The van der Waals surface area contributed by atoms with Gasteiger partial charge in [0.15, 0.2) is 5.13 Å². The number of nitrogens with zero attached hydrogens (tertiary/aromatic N) is 1. The number of nitrogens with one attached hydrogen (secondary N) is 1. The van der Waals surface area contributed by atoms with Gasteiger partial charge in [-0.05, 0) is 57.1 Å². The maximum atomic E-state index is 5.55. The predicted octanol–water partition coefficient (Wildman–Crippen LogP) is 4.78. The van der Waals surface area contributed by atoms with E-state index in [4.69, 9.17) is 9.72 Å². The van der Waals surface area contributed by atoms with Crippen molar-refractivity contribution in [2.75, 3.05) is 18.2 Å². The molecule has 5 heteroatoms. The maximum absolute atomic E-state index is 5.55. The summed E-state index contributed by atoms with van der Waals surface area (Å²) in [5.41, 5.74) is 1.06. The fraction of sp³-hybridized carbons (Fsp3) is 0.562. The SMILES string of the molecule is CCOc1ccc2nc(NC3CCC(SC)CC3)sc2c1. The van der Waals surface area contributed by atoms with Crippen molar-refractivity contribution in [2.45, 2.75) is 43.9 Å². The molecule has 0 unspecified atom stereocenters. The number of rotatable bonds is 5. The van der Waals surface area contributed by atoms with Gasteiger partial charge in [0.05, 0.1) is 16.8 Å². The third kappa shape index (κ3) is 3.64. The summed E-state index contributed by atoms with van der Waals surface area (Å²) in [6.07, 6.45) is 7.37. The Balaban J connectivity index is 1.67. The Labute approximate surface area is 134 Å². The molecule has 3 rings (SSSR count). The number of aromatic nitrogens is 1. The minimum absolute atomic E-state index is 0.584. The summed E-state index contributed by atoms with van der Waals surface area (Å²) in [5, 5.41) is 5.53. The van der Waals surface area contributed by atoms with Crippen LogP contribution in [-0.4, -0.2) is 29.1 Å². The van der Waals surface area contributed by atoms with E-state index in [0.29, 0.717) is 12.6 Å². The number of thiazole rings is 1. The van der Waals surface area contributed by atoms with E-state index in [1.165, 1.54) is 30.4 Å². The summed E-state index contributed by atoms with van der Waals surface area (Å²) < 4.78 is 6.75. The second-order valence-corrected chi connectivity index (χ2v) is 7.60. The summed E-state index contributed by atoms with van der Waals surface area (Å²) in [6.45, 7) is 2.71. The minimum atomic E-state index is 0.584. The zero-order chi connectivity index (χ0) is 14.7. The molecular weight excluding hydrogens is 300 g/mol. The first kappa shape index (κ1) is 15.0. The van der Waals surface area contributed by atoms with Crippen LogP contribution < -0.4 is 10.1 Å². The van der Waals surface area contributed by atoms with Crippen molar-refractivity contribution in [3.63, 3.8) is 0 Å². The molecule has 1 heterocycles. The fourth-order valence-electron chi connectivity index (χ4n) is 2.84. The molecule has 2 aromatic rings. The van der Waals surface area contributed by atoms with E-state index in [2.05, 4.69) is 17.6 Å². The van der Waals surface area contributed by atoms with Crippen LogP contribution in [0.2, 0.25) is 0 Å². The van der Waals surface area contributed by atoms with Gasteiger partial charge >= 0.3 is 0 Å². The first-order valence-corrected chi connectivity index (χ1v) is 9.71. The van der Waals surface area contributed by atoms with E-state index >= 15 is 0 Å². The van der Waals surface area contributed by atoms with Gasteiger partial charge in [0.2, 0.25) is 0 Å². The predicted molar refractivity (Wildman–Crippen MR) is 94.0 cm³/mol. The topological polar surface area (TPSA) is 34.1 Å². The van der Waals surface area contributed by atoms with Crippen LogP contribution in [0, 0.1) is 0 Å². The second kappa shape index (κ2) is 6.88. The Hall–Kier alpha value is -0.940. The maximum Gasteiger partial charge on any atom is 0.184 e. The summed E-state index contributed by atoms with van der Waals surface area (Å²) in [6, 6.07) is 6.72. The van der Waals surface area contributed by atoms with Crippen molar-refractivity contribution in [2.24, 2.45) is 0 Å². The van der Waals surface area contributed by atoms with E-state index in [1.54, 1.807) is 11.3 Å². The third-order valence-electron chi connectivity index (χ3n) is 4.01. The number of fused-ring (bicyclic) bond motifs is 1. The van der Waals surface area contributed by atoms with Crippen LogP contribution in [0.25, 0.3) is 10.2 Å². The van der Waals surface area contributed by atoms with Crippen LogP contribution in [0.5, 0.6) is 5.75 Å². The van der Waals surface area contributed by atoms with Gasteiger partial charge in [0, 0.05) is 11.3 Å². The number of thioether (sulfide) groups is 1. The van der Waals surface area contributed by atoms with E-state index in [0.717, 1.165) is 21.6 Å². The summed E-state index contributed by atoms with van der Waals surface area (Å²) >= 11 is 3.74. The molecule has 1 aliphatic rings. The number of hydrogen-bond acceptors (Lipinski definition) is 5. The monoisotopic (exact) mass is 322 g/mol. The van der Waals surface area contributed by atoms with E-state index in [1.807, 2.05) is 30.8 Å². The molecule has 114 valence electrons. The van der Waals surface area contributed by atoms with Crippen LogP contribution >= 0.6 is 23.1 Å². The summed E-state index contributed by atoms with van der Waals surface area (Å²) in [4.78, 5) is 4.69. The van der Waals surface area contributed by atoms with E-state index in [-0.39, 0.29) is 0 Å². The molecule has 0 atom stereocenters. The molecule has 1 N–H and O–H groups in total. The lowest BCUT2D eigenvalue weighted by atomic mass is 9.95. The number of benzene rings is 1. The minimum Gasteiger partial charge on any atom is -0.494 e. The molecule has 0 amide bonds. The molecule has 0 bridgehead atoms. The van der Waals surface area contributed by atoms with Crippen molar-refractivity contribution in [3.05, 3.63) is 18.2 Å². The van der Waals surface area contributed by atoms with Crippen molar-refractivity contribution < 1.29 is 4.74 Å². The van der Waals surface area contributed by atoms with Crippen molar-refractivity contribution in [3.8, 4) is 5.75 Å². The van der Waals surface area contributed by atoms with Crippen LogP contribution in [0.15, 0.2) is 18.2 Å².